The molecular weight excluding hydrogens is 240 g/mol. The molecule has 0 heterocycles. The van der Waals surface area contributed by atoms with Crippen molar-refractivity contribution in [1.29, 1.82) is 0 Å². The molecule has 0 aromatic heterocycles. The summed E-state index contributed by atoms with van der Waals surface area (Å²) >= 11 is 0. The van der Waals surface area contributed by atoms with Crippen LogP contribution in [0, 0.1) is 19.8 Å². The molecule has 1 aromatic rings. The van der Waals surface area contributed by atoms with E-state index >= 15 is 0 Å². The normalized spacial score (nSPS) is 14.1. The Morgan fingerprint density at radius 1 is 1.16 bits per heavy atom. The molecule has 0 fully saturated rings. The highest BCUT2D eigenvalue weighted by molar-refractivity contribution is 5.53. The summed E-state index contributed by atoms with van der Waals surface area (Å²) < 4.78 is 11.0. The van der Waals surface area contributed by atoms with Gasteiger partial charge in [-0.2, -0.15) is 0 Å². The van der Waals surface area contributed by atoms with Crippen LogP contribution in [-0.2, 0) is 0 Å². The first-order valence-corrected chi connectivity index (χ1v) is 6.69. The molecule has 2 atom stereocenters. The van der Waals surface area contributed by atoms with Crippen LogP contribution in [0.3, 0.4) is 0 Å². The van der Waals surface area contributed by atoms with Gasteiger partial charge in [0.1, 0.15) is 11.5 Å². The summed E-state index contributed by atoms with van der Waals surface area (Å²) in [6.45, 7) is 6.71. The van der Waals surface area contributed by atoms with Crippen molar-refractivity contribution < 1.29 is 9.47 Å². The summed E-state index contributed by atoms with van der Waals surface area (Å²) in [6, 6.07) is 1.84. The molecule has 4 nitrogen and oxygen atoms in total. The standard InChI is InChI=1S/C15H26N2O2/c1-6-11(8-16)14(17)12-7-13(18-4)9(2)10(3)15(12)19-5/h7,11,14H,6,8,16-17H2,1-5H3. The first kappa shape index (κ1) is 15.8. The highest BCUT2D eigenvalue weighted by Gasteiger charge is 2.23. The van der Waals surface area contributed by atoms with Gasteiger partial charge in [-0.05, 0) is 43.5 Å². The van der Waals surface area contributed by atoms with E-state index in [4.69, 9.17) is 20.9 Å². The fourth-order valence-corrected chi connectivity index (χ4v) is 2.44. The van der Waals surface area contributed by atoms with E-state index in [1.165, 1.54) is 0 Å². The predicted octanol–water partition coefficient (Wildman–Crippen LogP) is 2.31. The molecule has 0 amide bonds. The third kappa shape index (κ3) is 3.01. The number of rotatable bonds is 6. The molecule has 19 heavy (non-hydrogen) atoms. The minimum absolute atomic E-state index is 0.141. The van der Waals surface area contributed by atoms with Crippen LogP contribution in [0.4, 0.5) is 0 Å². The highest BCUT2D eigenvalue weighted by Crippen LogP contribution is 2.38. The number of benzene rings is 1. The zero-order valence-corrected chi connectivity index (χ0v) is 12.6. The summed E-state index contributed by atoms with van der Waals surface area (Å²) in [4.78, 5) is 0. The fraction of sp³-hybridized carbons (Fsp3) is 0.600. The monoisotopic (exact) mass is 266 g/mol. The van der Waals surface area contributed by atoms with Crippen molar-refractivity contribution in [2.75, 3.05) is 20.8 Å². The van der Waals surface area contributed by atoms with E-state index in [2.05, 4.69) is 6.92 Å². The summed E-state index contributed by atoms with van der Waals surface area (Å²) in [5.41, 5.74) is 15.3. The van der Waals surface area contributed by atoms with Crippen LogP contribution in [0.2, 0.25) is 0 Å². The second-order valence-electron chi connectivity index (χ2n) is 4.88. The Kier molecular flexibility index (Phi) is 5.63. The molecule has 1 rings (SSSR count). The molecule has 0 saturated carbocycles. The number of nitrogens with two attached hydrogens (primary N) is 2. The van der Waals surface area contributed by atoms with Crippen molar-refractivity contribution in [3.05, 3.63) is 22.8 Å². The number of hydrogen-bond donors (Lipinski definition) is 2. The predicted molar refractivity (Wildman–Crippen MR) is 78.8 cm³/mol. The Morgan fingerprint density at radius 2 is 1.79 bits per heavy atom. The van der Waals surface area contributed by atoms with Crippen LogP contribution in [-0.4, -0.2) is 20.8 Å². The zero-order chi connectivity index (χ0) is 14.6. The van der Waals surface area contributed by atoms with Gasteiger partial charge in [-0.15, -0.1) is 0 Å². The highest BCUT2D eigenvalue weighted by atomic mass is 16.5. The molecule has 0 bridgehead atoms. The minimum atomic E-state index is -0.141. The van der Waals surface area contributed by atoms with Gasteiger partial charge in [0.05, 0.1) is 14.2 Å². The molecule has 0 spiro atoms. The van der Waals surface area contributed by atoms with Gasteiger partial charge in [-0.25, -0.2) is 0 Å². The Bertz CT molecular complexity index is 429. The van der Waals surface area contributed by atoms with Crippen molar-refractivity contribution in [1.82, 2.24) is 0 Å². The molecule has 4 N–H and O–H groups in total. The maximum atomic E-state index is 6.36. The molecule has 1 aromatic carbocycles. The van der Waals surface area contributed by atoms with Crippen LogP contribution in [0.1, 0.15) is 36.1 Å². The van der Waals surface area contributed by atoms with Crippen LogP contribution < -0.4 is 20.9 Å². The van der Waals surface area contributed by atoms with Gasteiger partial charge >= 0.3 is 0 Å². The molecule has 4 heteroatoms. The van der Waals surface area contributed by atoms with Gasteiger partial charge in [0, 0.05) is 11.6 Å². The lowest BCUT2D eigenvalue weighted by molar-refractivity contribution is 0.370. The maximum absolute atomic E-state index is 6.36. The average molecular weight is 266 g/mol. The first-order chi connectivity index (χ1) is 9.01. The van der Waals surface area contributed by atoms with E-state index in [0.29, 0.717) is 6.54 Å². The smallest absolute Gasteiger partial charge is 0.127 e. The Balaban J connectivity index is 3.36. The number of hydrogen-bond acceptors (Lipinski definition) is 4. The second-order valence-corrected chi connectivity index (χ2v) is 4.88. The molecule has 0 aliphatic heterocycles. The molecule has 0 aliphatic rings. The van der Waals surface area contributed by atoms with Gasteiger partial charge in [0.2, 0.25) is 0 Å². The molecule has 2 unspecified atom stereocenters. The summed E-state index contributed by atoms with van der Waals surface area (Å²) in [5, 5.41) is 0. The molecular formula is C15H26N2O2. The largest absolute Gasteiger partial charge is 0.496 e. The Labute approximate surface area is 116 Å². The van der Waals surface area contributed by atoms with E-state index in [9.17, 15) is 0 Å². The SMILES string of the molecule is CCC(CN)C(N)c1cc(OC)c(C)c(C)c1OC. The van der Waals surface area contributed by atoms with Crippen LogP contribution >= 0.6 is 0 Å². The summed E-state index contributed by atoms with van der Waals surface area (Å²) in [5.74, 6) is 1.93. The number of methoxy groups -OCH3 is 2. The van der Waals surface area contributed by atoms with E-state index in [-0.39, 0.29) is 12.0 Å². The molecule has 0 saturated heterocycles. The van der Waals surface area contributed by atoms with Crippen molar-refractivity contribution in [2.45, 2.75) is 33.2 Å². The summed E-state index contributed by atoms with van der Waals surface area (Å²) in [6.07, 6.45) is 0.941. The molecule has 108 valence electrons. The van der Waals surface area contributed by atoms with Crippen molar-refractivity contribution in [3.63, 3.8) is 0 Å². The molecule has 0 radical (unpaired) electrons. The quantitative estimate of drug-likeness (QED) is 0.829. The van der Waals surface area contributed by atoms with E-state index in [1.807, 2.05) is 19.9 Å². The van der Waals surface area contributed by atoms with Crippen molar-refractivity contribution in [3.8, 4) is 11.5 Å². The van der Waals surface area contributed by atoms with Gasteiger partial charge in [0.25, 0.3) is 0 Å². The molecule has 0 aliphatic carbocycles. The van der Waals surface area contributed by atoms with Crippen molar-refractivity contribution in [2.24, 2.45) is 17.4 Å². The average Bonchev–Trinajstić information content (AvgIpc) is 2.42. The van der Waals surface area contributed by atoms with Gasteiger partial charge in [0.15, 0.2) is 0 Å². The lowest BCUT2D eigenvalue weighted by Crippen LogP contribution is -2.28. The number of ether oxygens (including phenoxy) is 2. The fourth-order valence-electron chi connectivity index (χ4n) is 2.44. The van der Waals surface area contributed by atoms with E-state index in [0.717, 1.165) is 34.6 Å². The van der Waals surface area contributed by atoms with Gasteiger partial charge < -0.3 is 20.9 Å². The lowest BCUT2D eigenvalue weighted by Gasteiger charge is -2.25. The van der Waals surface area contributed by atoms with Gasteiger partial charge in [-0.3, -0.25) is 0 Å². The van der Waals surface area contributed by atoms with E-state index < -0.39 is 0 Å². The van der Waals surface area contributed by atoms with Crippen LogP contribution in [0.15, 0.2) is 6.07 Å². The van der Waals surface area contributed by atoms with Crippen LogP contribution in [0.5, 0.6) is 11.5 Å². The van der Waals surface area contributed by atoms with Crippen molar-refractivity contribution >= 4 is 0 Å². The Hall–Kier alpha value is -1.26. The van der Waals surface area contributed by atoms with Crippen LogP contribution in [0.25, 0.3) is 0 Å². The van der Waals surface area contributed by atoms with E-state index in [1.54, 1.807) is 14.2 Å². The van der Waals surface area contributed by atoms with Gasteiger partial charge in [-0.1, -0.05) is 13.3 Å². The maximum Gasteiger partial charge on any atom is 0.127 e. The minimum Gasteiger partial charge on any atom is -0.496 e. The third-order valence-electron chi connectivity index (χ3n) is 3.94. The Morgan fingerprint density at radius 3 is 2.21 bits per heavy atom. The first-order valence-electron chi connectivity index (χ1n) is 6.69. The third-order valence-corrected chi connectivity index (χ3v) is 3.94. The zero-order valence-electron chi connectivity index (χ0n) is 12.6. The second kappa shape index (κ2) is 6.78. The topological polar surface area (TPSA) is 70.5 Å². The summed E-state index contributed by atoms with van der Waals surface area (Å²) in [7, 11) is 3.34. The lowest BCUT2D eigenvalue weighted by atomic mass is 9.89.